The van der Waals surface area contributed by atoms with Crippen molar-refractivity contribution in [3.63, 3.8) is 0 Å². The van der Waals surface area contributed by atoms with Gasteiger partial charge in [-0.05, 0) is 74.6 Å². The number of aryl methyl sites for hydroxylation is 3. The number of carbonyl (C=O) groups excluding carboxylic acids is 1. The van der Waals surface area contributed by atoms with E-state index in [4.69, 9.17) is 9.47 Å². The molecule has 1 aliphatic rings. The highest BCUT2D eigenvalue weighted by molar-refractivity contribution is 6.01. The zero-order chi connectivity index (χ0) is 24.2. The van der Waals surface area contributed by atoms with Gasteiger partial charge in [0.15, 0.2) is 0 Å². The fourth-order valence-electron chi connectivity index (χ4n) is 4.00. The molecule has 0 aliphatic carbocycles. The van der Waals surface area contributed by atoms with Crippen LogP contribution in [-0.4, -0.2) is 34.5 Å². The number of amides is 1. The van der Waals surface area contributed by atoms with E-state index in [-0.39, 0.29) is 23.1 Å². The van der Waals surface area contributed by atoms with Gasteiger partial charge in [0, 0.05) is 19.3 Å². The number of nitrogens with one attached hydrogen (secondary N) is 1. The monoisotopic (exact) mass is 458 g/mol. The summed E-state index contributed by atoms with van der Waals surface area (Å²) in [5.41, 5.74) is 2.58. The molecule has 1 aliphatic heterocycles. The molecule has 3 aromatic rings. The second kappa shape index (κ2) is 9.89. The summed E-state index contributed by atoms with van der Waals surface area (Å²) in [5.74, 6) is -0.0357. The summed E-state index contributed by atoms with van der Waals surface area (Å²) in [6.45, 7) is 6.70. The Bertz CT molecular complexity index is 1360. The van der Waals surface area contributed by atoms with Gasteiger partial charge in [-0.2, -0.15) is 10.2 Å². The lowest BCUT2D eigenvalue weighted by Gasteiger charge is -2.13. The lowest BCUT2D eigenvalue weighted by atomic mass is 10.1. The molecule has 4 rings (SSSR count). The molecular weight excluding hydrogens is 432 g/mol. The van der Waals surface area contributed by atoms with Crippen LogP contribution in [0.3, 0.4) is 0 Å². The quantitative estimate of drug-likeness (QED) is 0.447. The molecule has 0 spiro atoms. The number of rotatable bonds is 6. The van der Waals surface area contributed by atoms with E-state index in [1.165, 1.54) is 10.5 Å². The Morgan fingerprint density at radius 3 is 2.76 bits per heavy atom. The first-order valence-electron chi connectivity index (χ1n) is 11.2. The number of pyridine rings is 1. The molecule has 0 saturated carbocycles. The Kier molecular flexibility index (Phi) is 6.75. The van der Waals surface area contributed by atoms with Gasteiger partial charge in [0.05, 0.1) is 6.10 Å². The van der Waals surface area contributed by atoms with Crippen molar-refractivity contribution in [2.24, 2.45) is 0 Å². The van der Waals surface area contributed by atoms with Gasteiger partial charge in [-0.1, -0.05) is 12.1 Å². The van der Waals surface area contributed by atoms with E-state index < -0.39 is 11.5 Å². The van der Waals surface area contributed by atoms with Crippen molar-refractivity contribution in [1.29, 1.82) is 5.26 Å². The molecule has 174 valence electrons. The summed E-state index contributed by atoms with van der Waals surface area (Å²) in [7, 11) is 0. The van der Waals surface area contributed by atoms with Gasteiger partial charge in [-0.25, -0.2) is 0 Å². The van der Waals surface area contributed by atoms with E-state index in [1.807, 2.05) is 51.1 Å². The van der Waals surface area contributed by atoms with Gasteiger partial charge in [0.1, 0.15) is 28.6 Å². The standard InChI is InChI=1S/C26H26N4O4/c1-16-10-17(2)12-21(11-16)34-25-22(26(32)30-8-4-6-18(3)23(30)29-25)13-19(14-27)24(31)28-15-20-7-5-9-33-20/h4,6,8,10-13,20H,5,7,9,15H2,1-3H3,(H,28,31)/b19-13+/t20-/m1/s1. The molecular formula is C26H26N4O4. The van der Waals surface area contributed by atoms with Gasteiger partial charge < -0.3 is 14.8 Å². The smallest absolute Gasteiger partial charge is 0.269 e. The molecule has 1 N–H and O–H groups in total. The molecule has 8 nitrogen and oxygen atoms in total. The molecule has 0 bridgehead atoms. The normalized spacial score (nSPS) is 15.8. The highest BCUT2D eigenvalue weighted by Gasteiger charge is 2.20. The topological polar surface area (TPSA) is 106 Å². The number of nitrogens with zero attached hydrogens (tertiary/aromatic N) is 3. The number of aromatic nitrogens is 2. The Morgan fingerprint density at radius 1 is 1.32 bits per heavy atom. The lowest BCUT2D eigenvalue weighted by Crippen LogP contribution is -2.32. The third kappa shape index (κ3) is 5.00. The van der Waals surface area contributed by atoms with Crippen molar-refractivity contribution in [2.75, 3.05) is 13.2 Å². The summed E-state index contributed by atoms with van der Waals surface area (Å²) >= 11 is 0. The van der Waals surface area contributed by atoms with Gasteiger partial charge in [0.2, 0.25) is 5.88 Å². The number of nitriles is 1. The first kappa shape index (κ1) is 23.2. The maximum absolute atomic E-state index is 13.4. The number of hydrogen-bond acceptors (Lipinski definition) is 6. The van der Waals surface area contributed by atoms with Crippen LogP contribution in [0.25, 0.3) is 11.7 Å². The van der Waals surface area contributed by atoms with Crippen LogP contribution in [0.2, 0.25) is 0 Å². The predicted octanol–water partition coefficient (Wildman–Crippen LogP) is 3.61. The Labute approximate surface area is 197 Å². The SMILES string of the molecule is Cc1cc(C)cc(Oc2nc3c(C)cccn3c(=O)c2/C=C(\C#N)C(=O)NC[C@H]2CCCO2)c1. The Balaban J connectivity index is 1.78. The van der Waals surface area contributed by atoms with Gasteiger partial charge in [-0.15, -0.1) is 0 Å². The summed E-state index contributed by atoms with van der Waals surface area (Å²) in [5, 5.41) is 12.4. The number of carbonyl (C=O) groups is 1. The first-order chi connectivity index (χ1) is 16.4. The lowest BCUT2D eigenvalue weighted by molar-refractivity contribution is -0.117. The van der Waals surface area contributed by atoms with Crippen molar-refractivity contribution in [3.05, 3.63) is 74.7 Å². The average Bonchev–Trinajstić information content (AvgIpc) is 3.31. The molecule has 1 aromatic carbocycles. The first-order valence-corrected chi connectivity index (χ1v) is 11.2. The van der Waals surface area contributed by atoms with E-state index in [1.54, 1.807) is 12.3 Å². The second-order valence-electron chi connectivity index (χ2n) is 8.46. The van der Waals surface area contributed by atoms with Gasteiger partial charge >= 0.3 is 0 Å². The molecule has 1 atom stereocenters. The van der Waals surface area contributed by atoms with Crippen molar-refractivity contribution in [3.8, 4) is 17.7 Å². The molecule has 2 aromatic heterocycles. The summed E-state index contributed by atoms with van der Waals surface area (Å²) in [6.07, 6.45) is 4.57. The maximum atomic E-state index is 13.4. The Morgan fingerprint density at radius 2 is 2.09 bits per heavy atom. The van der Waals surface area contributed by atoms with E-state index >= 15 is 0 Å². The van der Waals surface area contributed by atoms with Gasteiger partial charge in [0.25, 0.3) is 11.5 Å². The van der Waals surface area contributed by atoms with Gasteiger partial charge in [-0.3, -0.25) is 14.0 Å². The summed E-state index contributed by atoms with van der Waals surface area (Å²) in [6, 6.07) is 11.2. The highest BCUT2D eigenvalue weighted by Crippen LogP contribution is 2.26. The number of hydrogen-bond donors (Lipinski definition) is 1. The van der Waals surface area contributed by atoms with E-state index in [0.29, 0.717) is 24.5 Å². The summed E-state index contributed by atoms with van der Waals surface area (Å²) < 4.78 is 13.0. The molecule has 1 saturated heterocycles. The van der Waals surface area contributed by atoms with Crippen LogP contribution < -0.4 is 15.6 Å². The van der Waals surface area contributed by atoms with Crippen LogP contribution in [-0.2, 0) is 9.53 Å². The minimum Gasteiger partial charge on any atom is -0.438 e. The molecule has 1 amide bonds. The molecule has 8 heteroatoms. The van der Waals surface area contributed by atoms with Crippen LogP contribution in [0.15, 0.2) is 46.9 Å². The zero-order valence-corrected chi connectivity index (χ0v) is 19.4. The second-order valence-corrected chi connectivity index (χ2v) is 8.46. The van der Waals surface area contributed by atoms with Crippen molar-refractivity contribution in [2.45, 2.75) is 39.7 Å². The van der Waals surface area contributed by atoms with E-state index in [2.05, 4.69) is 10.3 Å². The minimum absolute atomic E-state index is 0.0195. The maximum Gasteiger partial charge on any atom is 0.269 e. The van der Waals surface area contributed by atoms with Crippen LogP contribution in [0.5, 0.6) is 11.6 Å². The number of fused-ring (bicyclic) bond motifs is 1. The fraction of sp³-hybridized carbons (Fsp3) is 0.308. The number of ether oxygens (including phenoxy) is 2. The molecule has 0 radical (unpaired) electrons. The van der Waals surface area contributed by atoms with Crippen molar-refractivity contribution in [1.82, 2.24) is 14.7 Å². The van der Waals surface area contributed by atoms with Crippen molar-refractivity contribution >= 4 is 17.6 Å². The van der Waals surface area contributed by atoms with E-state index in [0.717, 1.165) is 29.5 Å². The molecule has 3 heterocycles. The fourth-order valence-corrected chi connectivity index (χ4v) is 4.00. The third-order valence-corrected chi connectivity index (χ3v) is 5.63. The Hall–Kier alpha value is -3.96. The van der Waals surface area contributed by atoms with Crippen LogP contribution >= 0.6 is 0 Å². The largest absolute Gasteiger partial charge is 0.438 e. The zero-order valence-electron chi connectivity index (χ0n) is 19.4. The molecule has 1 fully saturated rings. The highest BCUT2D eigenvalue weighted by atomic mass is 16.5. The van der Waals surface area contributed by atoms with Crippen LogP contribution in [0.1, 0.15) is 35.1 Å². The van der Waals surface area contributed by atoms with Crippen molar-refractivity contribution < 1.29 is 14.3 Å². The molecule has 34 heavy (non-hydrogen) atoms. The molecule has 0 unspecified atom stereocenters. The predicted molar refractivity (Wildman–Crippen MR) is 128 cm³/mol. The van der Waals surface area contributed by atoms with Crippen LogP contribution in [0, 0.1) is 32.1 Å². The van der Waals surface area contributed by atoms with E-state index in [9.17, 15) is 14.9 Å². The average molecular weight is 459 g/mol. The number of benzene rings is 1. The minimum atomic E-state index is -0.580. The van der Waals surface area contributed by atoms with Crippen LogP contribution in [0.4, 0.5) is 0 Å². The third-order valence-electron chi connectivity index (χ3n) is 5.63. The summed E-state index contributed by atoms with van der Waals surface area (Å²) in [4.78, 5) is 30.7.